The number of halogens is 3. The number of hydrogen-bond donors (Lipinski definition) is 2. The first-order valence-electron chi connectivity index (χ1n) is 7.37. The number of amides is 2. The minimum Gasteiger partial charge on any atom is -0.444 e. The largest absolute Gasteiger partial charge is 0.444 e. The van der Waals surface area contributed by atoms with E-state index >= 15 is 0 Å². The van der Waals surface area contributed by atoms with Crippen LogP contribution in [0.5, 0.6) is 0 Å². The van der Waals surface area contributed by atoms with E-state index in [1.54, 1.807) is 20.8 Å². The lowest BCUT2D eigenvalue weighted by atomic mass is 10.2. The van der Waals surface area contributed by atoms with Crippen LogP contribution in [0.4, 0.5) is 18.0 Å². The first-order valence-corrected chi connectivity index (χ1v) is 8.35. The first kappa shape index (κ1) is 21.1. The molecule has 1 heterocycles. The topological polar surface area (TPSA) is 80.3 Å². The van der Waals surface area contributed by atoms with Crippen molar-refractivity contribution in [2.75, 3.05) is 18.8 Å². The Bertz CT molecular complexity index is 586. The number of rotatable bonds is 6. The van der Waals surface area contributed by atoms with Crippen molar-refractivity contribution in [1.82, 2.24) is 15.6 Å². The fourth-order valence-corrected chi connectivity index (χ4v) is 2.18. The fraction of sp³-hybridized carbons (Fsp3) is 0.533. The number of nitrogens with zero attached hydrogens (tertiary/aromatic N) is 1. The van der Waals surface area contributed by atoms with Gasteiger partial charge in [0.1, 0.15) is 5.60 Å². The van der Waals surface area contributed by atoms with Crippen LogP contribution >= 0.6 is 11.8 Å². The lowest BCUT2D eigenvalue weighted by Gasteiger charge is -2.19. The van der Waals surface area contributed by atoms with Gasteiger partial charge in [0.25, 0.3) is 0 Å². The van der Waals surface area contributed by atoms with Crippen molar-refractivity contribution in [3.8, 4) is 0 Å². The highest BCUT2D eigenvalue weighted by Crippen LogP contribution is 2.29. The molecule has 0 fully saturated rings. The Kier molecular flexibility index (Phi) is 7.53. The number of alkyl carbamates (subject to hydrolysis) is 1. The van der Waals surface area contributed by atoms with Gasteiger partial charge in [-0.3, -0.25) is 4.79 Å². The third-order valence-corrected chi connectivity index (χ3v) is 3.47. The highest BCUT2D eigenvalue weighted by Gasteiger charge is 2.30. The number of carbonyl (C=O) groups is 2. The zero-order chi connectivity index (χ0) is 19.1. The molecule has 0 aliphatic heterocycles. The number of aromatic nitrogens is 1. The van der Waals surface area contributed by atoms with Crippen LogP contribution < -0.4 is 10.6 Å². The van der Waals surface area contributed by atoms with E-state index in [-0.39, 0.29) is 24.7 Å². The third-order valence-electron chi connectivity index (χ3n) is 2.53. The SMILES string of the molecule is CC(C)(C)OC(=O)NCCNC(=O)CSc1ccc(C(F)(F)F)cn1. The Morgan fingerprint density at radius 2 is 1.80 bits per heavy atom. The van der Waals surface area contributed by atoms with Crippen molar-refractivity contribution in [2.45, 2.75) is 37.6 Å². The summed E-state index contributed by atoms with van der Waals surface area (Å²) in [5.41, 5.74) is -1.44. The summed E-state index contributed by atoms with van der Waals surface area (Å²) < 4.78 is 42.2. The molecule has 0 unspecified atom stereocenters. The van der Waals surface area contributed by atoms with E-state index < -0.39 is 23.4 Å². The fourth-order valence-electron chi connectivity index (χ4n) is 1.50. The van der Waals surface area contributed by atoms with Crippen LogP contribution in [0.2, 0.25) is 0 Å². The van der Waals surface area contributed by atoms with E-state index in [9.17, 15) is 22.8 Å². The normalized spacial score (nSPS) is 11.8. The third kappa shape index (κ3) is 9.18. The van der Waals surface area contributed by atoms with Crippen LogP contribution in [0.1, 0.15) is 26.3 Å². The Labute approximate surface area is 147 Å². The second-order valence-electron chi connectivity index (χ2n) is 5.95. The molecule has 1 aromatic heterocycles. The second-order valence-corrected chi connectivity index (χ2v) is 6.95. The minimum absolute atomic E-state index is 0.00476. The van der Waals surface area contributed by atoms with Crippen molar-refractivity contribution >= 4 is 23.8 Å². The molecule has 6 nitrogen and oxygen atoms in total. The molecule has 0 radical (unpaired) electrons. The van der Waals surface area contributed by atoms with Gasteiger partial charge in [-0.15, -0.1) is 0 Å². The van der Waals surface area contributed by atoms with E-state index in [0.717, 1.165) is 24.0 Å². The number of pyridine rings is 1. The summed E-state index contributed by atoms with van der Waals surface area (Å²) in [6, 6.07) is 2.13. The first-order chi connectivity index (χ1) is 11.5. The van der Waals surface area contributed by atoms with Crippen LogP contribution in [0.15, 0.2) is 23.4 Å². The van der Waals surface area contributed by atoms with Gasteiger partial charge >= 0.3 is 12.3 Å². The molecule has 1 rings (SSSR count). The number of ether oxygens (including phenoxy) is 1. The molecule has 0 spiro atoms. The standard InChI is InChI=1S/C15H20F3N3O3S/c1-14(2,3)24-13(23)20-7-6-19-11(22)9-25-12-5-4-10(8-21-12)15(16,17)18/h4-5,8H,6-7,9H2,1-3H3,(H,19,22)(H,20,23). The van der Waals surface area contributed by atoms with Crippen LogP contribution in [-0.4, -0.2) is 41.4 Å². The Morgan fingerprint density at radius 1 is 1.16 bits per heavy atom. The minimum atomic E-state index is -4.44. The maximum Gasteiger partial charge on any atom is 0.417 e. The summed E-state index contributed by atoms with van der Waals surface area (Å²) in [6.07, 6.45) is -4.29. The summed E-state index contributed by atoms with van der Waals surface area (Å²) in [7, 11) is 0. The Hall–Kier alpha value is -1.97. The average molecular weight is 379 g/mol. The number of nitrogens with one attached hydrogen (secondary N) is 2. The van der Waals surface area contributed by atoms with Crippen molar-refractivity contribution in [2.24, 2.45) is 0 Å². The average Bonchev–Trinajstić information content (AvgIpc) is 2.47. The van der Waals surface area contributed by atoms with Gasteiger partial charge in [-0.1, -0.05) is 11.8 Å². The summed E-state index contributed by atoms with van der Waals surface area (Å²) in [5, 5.41) is 5.37. The number of hydrogen-bond acceptors (Lipinski definition) is 5. The molecule has 10 heteroatoms. The molecule has 2 amide bonds. The molecule has 2 N–H and O–H groups in total. The quantitative estimate of drug-likeness (QED) is 0.587. The predicted molar refractivity (Wildman–Crippen MR) is 87.2 cm³/mol. The summed E-state index contributed by atoms with van der Waals surface area (Å²) >= 11 is 1.02. The van der Waals surface area contributed by atoms with Crippen LogP contribution in [0.25, 0.3) is 0 Å². The van der Waals surface area contributed by atoms with Gasteiger partial charge in [-0.05, 0) is 32.9 Å². The molecule has 0 atom stereocenters. The molecule has 0 aliphatic rings. The zero-order valence-electron chi connectivity index (χ0n) is 14.1. The number of carbonyl (C=O) groups excluding carboxylic acids is 2. The Morgan fingerprint density at radius 3 is 2.32 bits per heavy atom. The van der Waals surface area contributed by atoms with E-state index in [4.69, 9.17) is 4.74 Å². The highest BCUT2D eigenvalue weighted by atomic mass is 32.2. The molecule has 0 aromatic carbocycles. The molecular weight excluding hydrogens is 359 g/mol. The smallest absolute Gasteiger partial charge is 0.417 e. The maximum atomic E-state index is 12.4. The Balaban J connectivity index is 2.24. The summed E-state index contributed by atoms with van der Waals surface area (Å²) in [6.45, 7) is 5.62. The number of thioether (sulfide) groups is 1. The van der Waals surface area contributed by atoms with Crippen LogP contribution in [-0.2, 0) is 15.7 Å². The van der Waals surface area contributed by atoms with Gasteiger partial charge < -0.3 is 15.4 Å². The molecule has 0 aliphatic carbocycles. The monoisotopic (exact) mass is 379 g/mol. The molecule has 1 aromatic rings. The van der Waals surface area contributed by atoms with Gasteiger partial charge in [0.15, 0.2) is 0 Å². The molecular formula is C15H20F3N3O3S. The van der Waals surface area contributed by atoms with Crippen LogP contribution in [0.3, 0.4) is 0 Å². The maximum absolute atomic E-state index is 12.4. The van der Waals surface area contributed by atoms with Gasteiger partial charge in [0.2, 0.25) is 5.91 Å². The van der Waals surface area contributed by atoms with Crippen molar-refractivity contribution in [1.29, 1.82) is 0 Å². The van der Waals surface area contributed by atoms with E-state index in [0.29, 0.717) is 5.03 Å². The van der Waals surface area contributed by atoms with Gasteiger partial charge in [-0.2, -0.15) is 13.2 Å². The van der Waals surface area contributed by atoms with Crippen molar-refractivity contribution in [3.05, 3.63) is 23.9 Å². The molecule has 0 bridgehead atoms. The summed E-state index contributed by atoms with van der Waals surface area (Å²) in [5.74, 6) is -0.317. The lowest BCUT2D eigenvalue weighted by Crippen LogP contribution is -2.38. The van der Waals surface area contributed by atoms with Crippen LogP contribution in [0, 0.1) is 0 Å². The molecule has 0 saturated heterocycles. The summed E-state index contributed by atoms with van der Waals surface area (Å²) in [4.78, 5) is 26.7. The van der Waals surface area contributed by atoms with Crippen molar-refractivity contribution in [3.63, 3.8) is 0 Å². The lowest BCUT2D eigenvalue weighted by molar-refractivity contribution is -0.137. The molecule has 0 saturated carbocycles. The molecule has 25 heavy (non-hydrogen) atoms. The zero-order valence-corrected chi connectivity index (χ0v) is 14.9. The van der Waals surface area contributed by atoms with Gasteiger partial charge in [0.05, 0.1) is 16.3 Å². The van der Waals surface area contributed by atoms with E-state index in [1.807, 2.05) is 0 Å². The van der Waals surface area contributed by atoms with Crippen molar-refractivity contribution < 1.29 is 27.5 Å². The van der Waals surface area contributed by atoms with E-state index in [1.165, 1.54) is 6.07 Å². The highest BCUT2D eigenvalue weighted by molar-refractivity contribution is 7.99. The molecule has 140 valence electrons. The second kappa shape index (κ2) is 8.93. The predicted octanol–water partition coefficient (Wildman–Crippen LogP) is 2.83. The van der Waals surface area contributed by atoms with Gasteiger partial charge in [0, 0.05) is 19.3 Å². The number of alkyl halides is 3. The van der Waals surface area contributed by atoms with Gasteiger partial charge in [-0.25, -0.2) is 9.78 Å². The van der Waals surface area contributed by atoms with E-state index in [2.05, 4.69) is 15.6 Å².